The number of rotatable bonds is 1. The molecule has 5 heteroatoms. The van der Waals surface area contributed by atoms with E-state index >= 15 is 0 Å². The molecular formula is C7H7BBrFO2. The van der Waals surface area contributed by atoms with E-state index in [0.717, 1.165) is 5.56 Å². The molecule has 2 nitrogen and oxygen atoms in total. The molecule has 0 saturated carbocycles. The van der Waals surface area contributed by atoms with E-state index in [2.05, 4.69) is 15.9 Å². The summed E-state index contributed by atoms with van der Waals surface area (Å²) in [6.07, 6.45) is 0. The van der Waals surface area contributed by atoms with Crippen LogP contribution in [0.2, 0.25) is 0 Å². The second-order valence-electron chi connectivity index (χ2n) is 2.52. The van der Waals surface area contributed by atoms with Gasteiger partial charge in [-0.3, -0.25) is 0 Å². The Morgan fingerprint density at radius 2 is 2.00 bits per heavy atom. The normalized spacial score (nSPS) is 10.1. The van der Waals surface area contributed by atoms with Crippen LogP contribution >= 0.6 is 15.9 Å². The van der Waals surface area contributed by atoms with Crippen LogP contribution in [0.4, 0.5) is 4.39 Å². The maximum Gasteiger partial charge on any atom is 0.491 e. The van der Waals surface area contributed by atoms with Crippen molar-refractivity contribution in [3.05, 3.63) is 28.0 Å². The summed E-state index contributed by atoms with van der Waals surface area (Å²) in [6, 6.07) is 2.96. The van der Waals surface area contributed by atoms with Crippen molar-refractivity contribution in [1.29, 1.82) is 0 Å². The largest absolute Gasteiger partial charge is 0.491 e. The predicted molar refractivity (Wildman–Crippen MR) is 48.7 cm³/mol. The van der Waals surface area contributed by atoms with Crippen LogP contribution in [0, 0.1) is 12.7 Å². The predicted octanol–water partition coefficient (Wildman–Crippen LogP) is 0.576. The highest BCUT2D eigenvalue weighted by atomic mass is 79.9. The molecular weight excluding hydrogens is 226 g/mol. The molecule has 0 radical (unpaired) electrons. The SMILES string of the molecule is Cc1cc(Br)c(F)c(B(O)O)c1. The fourth-order valence-corrected chi connectivity index (χ4v) is 1.53. The summed E-state index contributed by atoms with van der Waals surface area (Å²) in [7, 11) is -1.76. The van der Waals surface area contributed by atoms with Crippen molar-refractivity contribution in [1.82, 2.24) is 0 Å². The van der Waals surface area contributed by atoms with E-state index in [-0.39, 0.29) is 9.94 Å². The molecule has 12 heavy (non-hydrogen) atoms. The van der Waals surface area contributed by atoms with Crippen molar-refractivity contribution in [2.45, 2.75) is 6.92 Å². The Morgan fingerprint density at radius 1 is 1.42 bits per heavy atom. The summed E-state index contributed by atoms with van der Waals surface area (Å²) < 4.78 is 13.3. The van der Waals surface area contributed by atoms with Crippen LogP contribution in [-0.4, -0.2) is 17.2 Å². The van der Waals surface area contributed by atoms with Gasteiger partial charge in [-0.25, -0.2) is 4.39 Å². The van der Waals surface area contributed by atoms with E-state index in [1.807, 2.05) is 0 Å². The second kappa shape index (κ2) is 3.55. The molecule has 1 aromatic rings. The highest BCUT2D eigenvalue weighted by Crippen LogP contribution is 2.14. The van der Waals surface area contributed by atoms with Crippen LogP contribution in [0.25, 0.3) is 0 Å². The van der Waals surface area contributed by atoms with E-state index in [0.29, 0.717) is 0 Å². The molecule has 1 rings (SSSR count). The average Bonchev–Trinajstić information content (AvgIpc) is 1.96. The average molecular weight is 233 g/mol. The summed E-state index contributed by atoms with van der Waals surface area (Å²) in [6.45, 7) is 1.75. The maximum atomic E-state index is 13.1. The zero-order valence-electron chi connectivity index (χ0n) is 6.38. The van der Waals surface area contributed by atoms with E-state index in [1.165, 1.54) is 6.07 Å². The Bertz CT molecular complexity index is 304. The fraction of sp³-hybridized carbons (Fsp3) is 0.143. The van der Waals surface area contributed by atoms with Crippen LogP contribution < -0.4 is 5.46 Å². The summed E-state index contributed by atoms with van der Waals surface area (Å²) in [5.74, 6) is -0.629. The number of hydrogen-bond donors (Lipinski definition) is 2. The molecule has 2 N–H and O–H groups in total. The Labute approximate surface area is 78.3 Å². The van der Waals surface area contributed by atoms with Gasteiger partial charge in [-0.15, -0.1) is 0 Å². The minimum atomic E-state index is -1.76. The van der Waals surface area contributed by atoms with E-state index in [4.69, 9.17) is 10.0 Å². The fourth-order valence-electron chi connectivity index (χ4n) is 0.939. The highest BCUT2D eigenvalue weighted by molar-refractivity contribution is 9.10. The zero-order chi connectivity index (χ0) is 9.30. The van der Waals surface area contributed by atoms with Crippen LogP contribution in [0.15, 0.2) is 16.6 Å². The van der Waals surface area contributed by atoms with Gasteiger partial charge in [0.15, 0.2) is 0 Å². The lowest BCUT2D eigenvalue weighted by molar-refractivity contribution is 0.423. The third kappa shape index (κ3) is 1.85. The van der Waals surface area contributed by atoms with Crippen molar-refractivity contribution in [2.75, 3.05) is 0 Å². The first kappa shape index (κ1) is 9.70. The lowest BCUT2D eigenvalue weighted by Gasteiger charge is -2.04. The molecule has 0 unspecified atom stereocenters. The van der Waals surface area contributed by atoms with Gasteiger partial charge in [0.1, 0.15) is 5.82 Å². The maximum absolute atomic E-state index is 13.1. The highest BCUT2D eigenvalue weighted by Gasteiger charge is 2.18. The molecule has 0 aliphatic heterocycles. The van der Waals surface area contributed by atoms with Crippen LogP contribution in [0.5, 0.6) is 0 Å². The molecule has 0 heterocycles. The van der Waals surface area contributed by atoms with E-state index < -0.39 is 12.9 Å². The van der Waals surface area contributed by atoms with Gasteiger partial charge in [-0.05, 0) is 28.9 Å². The van der Waals surface area contributed by atoms with Gasteiger partial charge in [0, 0.05) is 5.46 Å². The summed E-state index contributed by atoms with van der Waals surface area (Å²) in [5.41, 5.74) is 0.660. The van der Waals surface area contributed by atoms with Gasteiger partial charge in [0.25, 0.3) is 0 Å². The Kier molecular flexibility index (Phi) is 2.87. The minimum absolute atomic E-state index is 0.109. The van der Waals surface area contributed by atoms with Gasteiger partial charge in [-0.2, -0.15) is 0 Å². The quantitative estimate of drug-likeness (QED) is 0.696. The summed E-state index contributed by atoms with van der Waals surface area (Å²) >= 11 is 2.97. The molecule has 0 bridgehead atoms. The van der Waals surface area contributed by atoms with Crippen molar-refractivity contribution in [3.8, 4) is 0 Å². The van der Waals surface area contributed by atoms with Gasteiger partial charge < -0.3 is 10.0 Å². The zero-order valence-corrected chi connectivity index (χ0v) is 7.97. The number of halogens is 2. The molecule has 0 aromatic heterocycles. The van der Waals surface area contributed by atoms with Gasteiger partial charge in [0.2, 0.25) is 0 Å². The topological polar surface area (TPSA) is 40.5 Å². The third-order valence-corrected chi connectivity index (χ3v) is 2.06. The molecule has 0 aliphatic carbocycles. The number of aryl methyl sites for hydroxylation is 1. The Morgan fingerprint density at radius 3 is 2.50 bits per heavy atom. The van der Waals surface area contributed by atoms with Crippen molar-refractivity contribution in [2.24, 2.45) is 0 Å². The monoisotopic (exact) mass is 232 g/mol. The molecule has 0 atom stereocenters. The Balaban J connectivity index is 3.28. The van der Waals surface area contributed by atoms with Crippen LogP contribution in [0.3, 0.4) is 0 Å². The third-order valence-electron chi connectivity index (χ3n) is 1.48. The molecule has 0 aliphatic rings. The first-order chi connectivity index (χ1) is 5.52. The first-order valence-electron chi connectivity index (χ1n) is 3.34. The molecule has 64 valence electrons. The molecule has 0 fully saturated rings. The minimum Gasteiger partial charge on any atom is -0.423 e. The van der Waals surface area contributed by atoms with E-state index in [1.54, 1.807) is 13.0 Å². The lowest BCUT2D eigenvalue weighted by Crippen LogP contribution is -2.33. The van der Waals surface area contributed by atoms with Gasteiger partial charge in [-0.1, -0.05) is 11.6 Å². The van der Waals surface area contributed by atoms with Gasteiger partial charge >= 0.3 is 7.12 Å². The standard InChI is InChI=1S/C7H7BBrFO2/c1-4-2-5(8(11)12)7(10)6(9)3-4/h2-3,11-12H,1H3. The lowest BCUT2D eigenvalue weighted by atomic mass is 9.79. The van der Waals surface area contributed by atoms with Crippen LogP contribution in [0.1, 0.15) is 5.56 Å². The second-order valence-corrected chi connectivity index (χ2v) is 3.38. The smallest absolute Gasteiger partial charge is 0.423 e. The van der Waals surface area contributed by atoms with Crippen LogP contribution in [-0.2, 0) is 0 Å². The molecule has 0 amide bonds. The number of hydrogen-bond acceptors (Lipinski definition) is 2. The van der Waals surface area contributed by atoms with Crippen molar-refractivity contribution >= 4 is 28.5 Å². The molecule has 0 saturated heterocycles. The van der Waals surface area contributed by atoms with Gasteiger partial charge in [0.05, 0.1) is 4.47 Å². The summed E-state index contributed by atoms with van der Waals surface area (Å²) in [4.78, 5) is 0. The molecule has 0 spiro atoms. The summed E-state index contributed by atoms with van der Waals surface area (Å²) in [5, 5.41) is 17.5. The van der Waals surface area contributed by atoms with Crippen molar-refractivity contribution < 1.29 is 14.4 Å². The Hall–Kier alpha value is -0.385. The van der Waals surface area contributed by atoms with Crippen molar-refractivity contribution in [3.63, 3.8) is 0 Å². The number of benzene rings is 1. The van der Waals surface area contributed by atoms with E-state index in [9.17, 15) is 4.39 Å². The molecule has 1 aromatic carbocycles. The first-order valence-corrected chi connectivity index (χ1v) is 4.13.